The third kappa shape index (κ3) is 3.95. The monoisotopic (exact) mass is 309 g/mol. The van der Waals surface area contributed by atoms with Crippen molar-refractivity contribution in [3.63, 3.8) is 0 Å². The number of anilines is 1. The van der Waals surface area contributed by atoms with E-state index in [1.807, 2.05) is 30.5 Å². The van der Waals surface area contributed by atoms with Gasteiger partial charge in [-0.05, 0) is 25.5 Å². The van der Waals surface area contributed by atoms with Crippen LogP contribution in [-0.2, 0) is 13.1 Å². The molecule has 0 aliphatic heterocycles. The number of nitrogens with one attached hydrogen (secondary N) is 1. The van der Waals surface area contributed by atoms with Crippen LogP contribution in [0.25, 0.3) is 0 Å². The molecule has 1 aromatic carbocycles. The fourth-order valence-corrected chi connectivity index (χ4v) is 3.19. The van der Waals surface area contributed by atoms with Gasteiger partial charge in [-0.3, -0.25) is 0 Å². The molecule has 2 aromatic rings. The largest absolute Gasteiger partial charge is 0.349 e. The molecule has 0 unspecified atom stereocenters. The second-order valence-corrected chi connectivity index (χ2v) is 5.98. The zero-order valence-electron chi connectivity index (χ0n) is 11.9. The highest BCUT2D eigenvalue weighted by Gasteiger charge is 2.07. The predicted octanol–water partition coefficient (Wildman–Crippen LogP) is 3.93. The Kier molecular flexibility index (Phi) is 5.83. The summed E-state index contributed by atoms with van der Waals surface area (Å²) in [4.78, 5) is 7.99. The van der Waals surface area contributed by atoms with Gasteiger partial charge in [-0.1, -0.05) is 29.8 Å². The first-order valence-electron chi connectivity index (χ1n) is 6.88. The Hall–Kier alpha value is -1.10. The third-order valence-corrected chi connectivity index (χ3v) is 4.57. The van der Waals surface area contributed by atoms with E-state index in [1.165, 1.54) is 4.88 Å². The molecule has 0 saturated carbocycles. The van der Waals surface area contributed by atoms with Gasteiger partial charge in [-0.25, -0.2) is 4.98 Å². The number of aromatic nitrogens is 1. The molecule has 0 aliphatic rings. The van der Waals surface area contributed by atoms with Crippen molar-refractivity contribution >= 4 is 28.1 Å². The first-order chi connectivity index (χ1) is 9.74. The zero-order valence-corrected chi connectivity index (χ0v) is 13.5. The van der Waals surface area contributed by atoms with Gasteiger partial charge in [0, 0.05) is 42.3 Å². The van der Waals surface area contributed by atoms with Crippen LogP contribution >= 0.6 is 22.9 Å². The SMILES string of the molecule is CCN(CC)c1ncc(CNCc2ccccc2Cl)s1. The Bertz CT molecular complexity index is 537. The summed E-state index contributed by atoms with van der Waals surface area (Å²) in [6.07, 6.45) is 1.96. The van der Waals surface area contributed by atoms with Gasteiger partial charge in [0.25, 0.3) is 0 Å². The highest BCUT2D eigenvalue weighted by molar-refractivity contribution is 7.15. The van der Waals surface area contributed by atoms with Gasteiger partial charge in [-0.15, -0.1) is 11.3 Å². The molecule has 0 amide bonds. The lowest BCUT2D eigenvalue weighted by atomic mass is 10.2. The van der Waals surface area contributed by atoms with E-state index in [2.05, 4.69) is 29.0 Å². The summed E-state index contributed by atoms with van der Waals surface area (Å²) in [7, 11) is 0. The van der Waals surface area contributed by atoms with E-state index in [0.717, 1.165) is 41.9 Å². The standard InChI is InChI=1S/C15H20ClN3S/c1-3-19(4-2)15-18-11-13(20-15)10-17-9-12-7-5-6-8-14(12)16/h5-8,11,17H,3-4,9-10H2,1-2H3. The topological polar surface area (TPSA) is 28.2 Å². The van der Waals surface area contributed by atoms with Gasteiger partial charge < -0.3 is 10.2 Å². The fraction of sp³-hybridized carbons (Fsp3) is 0.400. The number of hydrogen-bond donors (Lipinski definition) is 1. The maximum Gasteiger partial charge on any atom is 0.185 e. The number of halogens is 1. The molecule has 20 heavy (non-hydrogen) atoms. The smallest absolute Gasteiger partial charge is 0.185 e. The molecule has 0 spiro atoms. The van der Waals surface area contributed by atoms with E-state index >= 15 is 0 Å². The van der Waals surface area contributed by atoms with E-state index < -0.39 is 0 Å². The molecule has 0 fully saturated rings. The molecule has 1 aromatic heterocycles. The maximum absolute atomic E-state index is 6.13. The molecule has 3 nitrogen and oxygen atoms in total. The molecule has 0 radical (unpaired) electrons. The minimum atomic E-state index is 0.776. The van der Waals surface area contributed by atoms with E-state index in [9.17, 15) is 0 Å². The molecule has 1 N–H and O–H groups in total. The molecular formula is C15H20ClN3S. The van der Waals surface area contributed by atoms with E-state index in [1.54, 1.807) is 11.3 Å². The van der Waals surface area contributed by atoms with Crippen LogP contribution in [0.4, 0.5) is 5.13 Å². The maximum atomic E-state index is 6.13. The van der Waals surface area contributed by atoms with Crippen molar-refractivity contribution in [2.45, 2.75) is 26.9 Å². The van der Waals surface area contributed by atoms with Crippen LogP contribution in [0.1, 0.15) is 24.3 Å². The summed E-state index contributed by atoms with van der Waals surface area (Å²) in [5.74, 6) is 0. The summed E-state index contributed by atoms with van der Waals surface area (Å²) in [5, 5.41) is 5.33. The van der Waals surface area contributed by atoms with Crippen molar-refractivity contribution in [3.05, 3.63) is 45.9 Å². The quantitative estimate of drug-likeness (QED) is 0.840. The number of hydrogen-bond acceptors (Lipinski definition) is 4. The Morgan fingerprint density at radius 2 is 1.95 bits per heavy atom. The zero-order chi connectivity index (χ0) is 14.4. The van der Waals surface area contributed by atoms with E-state index in [-0.39, 0.29) is 0 Å². The Balaban J connectivity index is 1.87. The van der Waals surface area contributed by atoms with Crippen LogP contribution < -0.4 is 10.2 Å². The summed E-state index contributed by atoms with van der Waals surface area (Å²) < 4.78 is 0. The molecule has 0 saturated heterocycles. The lowest BCUT2D eigenvalue weighted by Gasteiger charge is -2.16. The van der Waals surface area contributed by atoms with Gasteiger partial charge >= 0.3 is 0 Å². The molecule has 0 aliphatic carbocycles. The van der Waals surface area contributed by atoms with Gasteiger partial charge in [-0.2, -0.15) is 0 Å². The van der Waals surface area contributed by atoms with Gasteiger partial charge in [0.1, 0.15) is 0 Å². The van der Waals surface area contributed by atoms with E-state index in [4.69, 9.17) is 11.6 Å². The first-order valence-corrected chi connectivity index (χ1v) is 8.07. The van der Waals surface area contributed by atoms with Gasteiger partial charge in [0.2, 0.25) is 0 Å². The Labute approximate surface area is 129 Å². The van der Waals surface area contributed by atoms with Crippen LogP contribution in [0, 0.1) is 0 Å². The van der Waals surface area contributed by atoms with Crippen molar-refractivity contribution in [1.29, 1.82) is 0 Å². The Morgan fingerprint density at radius 1 is 1.20 bits per heavy atom. The average molecular weight is 310 g/mol. The van der Waals surface area contributed by atoms with Crippen molar-refractivity contribution in [3.8, 4) is 0 Å². The minimum absolute atomic E-state index is 0.776. The molecule has 0 bridgehead atoms. The van der Waals surface area contributed by atoms with Crippen LogP contribution in [0.3, 0.4) is 0 Å². The van der Waals surface area contributed by atoms with Crippen LogP contribution in [0.2, 0.25) is 5.02 Å². The number of thiazole rings is 1. The summed E-state index contributed by atoms with van der Waals surface area (Å²) in [6.45, 7) is 7.90. The van der Waals surface area contributed by atoms with E-state index in [0.29, 0.717) is 0 Å². The van der Waals surface area contributed by atoms with Crippen molar-refractivity contribution in [2.24, 2.45) is 0 Å². The van der Waals surface area contributed by atoms with Crippen LogP contribution in [0.15, 0.2) is 30.5 Å². The average Bonchev–Trinajstić information content (AvgIpc) is 2.91. The molecule has 1 heterocycles. The van der Waals surface area contributed by atoms with Crippen molar-refractivity contribution < 1.29 is 0 Å². The summed E-state index contributed by atoms with van der Waals surface area (Å²) in [6, 6.07) is 7.92. The third-order valence-electron chi connectivity index (χ3n) is 3.15. The second-order valence-electron chi connectivity index (χ2n) is 4.48. The minimum Gasteiger partial charge on any atom is -0.349 e. The second kappa shape index (κ2) is 7.62. The highest BCUT2D eigenvalue weighted by Crippen LogP contribution is 2.22. The molecule has 2 rings (SSSR count). The molecule has 0 atom stereocenters. The lowest BCUT2D eigenvalue weighted by molar-refractivity contribution is 0.700. The van der Waals surface area contributed by atoms with Gasteiger partial charge in [0.05, 0.1) is 0 Å². The first kappa shape index (κ1) is 15.3. The van der Waals surface area contributed by atoms with Crippen LogP contribution in [0.5, 0.6) is 0 Å². The fourth-order valence-electron chi connectivity index (χ4n) is 1.98. The summed E-state index contributed by atoms with van der Waals surface area (Å²) in [5.41, 5.74) is 1.13. The van der Waals surface area contributed by atoms with Crippen molar-refractivity contribution in [2.75, 3.05) is 18.0 Å². The molecule has 108 valence electrons. The number of rotatable bonds is 7. The highest BCUT2D eigenvalue weighted by atomic mass is 35.5. The normalized spacial score (nSPS) is 10.8. The molecular weight excluding hydrogens is 290 g/mol. The summed E-state index contributed by atoms with van der Waals surface area (Å²) >= 11 is 7.88. The predicted molar refractivity (Wildman–Crippen MR) is 87.7 cm³/mol. The van der Waals surface area contributed by atoms with Crippen LogP contribution in [-0.4, -0.2) is 18.1 Å². The number of benzene rings is 1. The Morgan fingerprint density at radius 3 is 2.65 bits per heavy atom. The van der Waals surface area contributed by atoms with Gasteiger partial charge in [0.15, 0.2) is 5.13 Å². The number of nitrogens with zero attached hydrogens (tertiary/aromatic N) is 2. The lowest BCUT2D eigenvalue weighted by Crippen LogP contribution is -2.21. The van der Waals surface area contributed by atoms with Crippen molar-refractivity contribution in [1.82, 2.24) is 10.3 Å². The molecule has 5 heteroatoms.